The predicted molar refractivity (Wildman–Crippen MR) is 108 cm³/mol. The van der Waals surface area contributed by atoms with E-state index in [1.54, 1.807) is 0 Å². The summed E-state index contributed by atoms with van der Waals surface area (Å²) in [6.07, 6.45) is 0.292. The second-order valence-electron chi connectivity index (χ2n) is 8.04. The van der Waals surface area contributed by atoms with E-state index in [9.17, 15) is 4.79 Å². The third-order valence-corrected chi connectivity index (χ3v) is 5.23. The molecule has 0 saturated carbocycles. The van der Waals surface area contributed by atoms with Crippen LogP contribution in [-0.4, -0.2) is 68.4 Å². The lowest BCUT2D eigenvalue weighted by Gasteiger charge is -2.41. The van der Waals surface area contributed by atoms with Crippen molar-refractivity contribution in [1.82, 2.24) is 4.90 Å². The van der Waals surface area contributed by atoms with Gasteiger partial charge in [-0.15, -0.1) is 0 Å². The van der Waals surface area contributed by atoms with Crippen LogP contribution in [-0.2, 0) is 14.3 Å². The predicted octanol–water partition coefficient (Wildman–Crippen LogP) is 2.60. The van der Waals surface area contributed by atoms with E-state index < -0.39 is 0 Å². The Morgan fingerprint density at radius 1 is 1.15 bits per heavy atom. The fourth-order valence-corrected chi connectivity index (χ4v) is 4.15. The third kappa shape index (κ3) is 5.21. The second kappa shape index (κ2) is 9.04. The summed E-state index contributed by atoms with van der Waals surface area (Å²) < 4.78 is 11.3. The Bertz CT molecular complexity index is 621. The number of ether oxygens (including phenoxy) is 2. The van der Waals surface area contributed by atoms with Crippen molar-refractivity contribution in [2.24, 2.45) is 5.92 Å². The maximum atomic E-state index is 13.1. The summed E-state index contributed by atoms with van der Waals surface area (Å²) in [6.45, 7) is 13.2. The largest absolute Gasteiger partial charge is 0.378 e. The van der Waals surface area contributed by atoms with Gasteiger partial charge in [0.05, 0.1) is 31.5 Å². The topological polar surface area (TPSA) is 54.0 Å². The molecular formula is C21H33N3O3. The van der Waals surface area contributed by atoms with Gasteiger partial charge in [-0.25, -0.2) is 0 Å². The van der Waals surface area contributed by atoms with Crippen molar-refractivity contribution in [1.29, 1.82) is 0 Å². The van der Waals surface area contributed by atoms with Crippen LogP contribution in [0.4, 0.5) is 11.4 Å². The smallest absolute Gasteiger partial charge is 0.241 e. The number of nitrogens with zero attached hydrogens (tertiary/aromatic N) is 2. The maximum absolute atomic E-state index is 13.1. The molecule has 0 aliphatic carbocycles. The van der Waals surface area contributed by atoms with E-state index in [0.29, 0.717) is 0 Å². The number of carbonyl (C=O) groups is 1. The highest BCUT2D eigenvalue weighted by molar-refractivity contribution is 5.95. The van der Waals surface area contributed by atoms with Crippen molar-refractivity contribution in [2.45, 2.75) is 45.9 Å². The molecule has 6 nitrogen and oxygen atoms in total. The molecule has 2 fully saturated rings. The van der Waals surface area contributed by atoms with Crippen LogP contribution >= 0.6 is 0 Å². The first-order valence-electron chi connectivity index (χ1n) is 10.1. The van der Waals surface area contributed by atoms with Crippen LogP contribution in [0.5, 0.6) is 0 Å². The fourth-order valence-electron chi connectivity index (χ4n) is 4.15. The highest BCUT2D eigenvalue weighted by atomic mass is 16.5. The average molecular weight is 376 g/mol. The zero-order valence-electron chi connectivity index (χ0n) is 17.0. The second-order valence-corrected chi connectivity index (χ2v) is 8.04. The van der Waals surface area contributed by atoms with Crippen LogP contribution in [0.3, 0.4) is 0 Å². The molecule has 1 N–H and O–H groups in total. The monoisotopic (exact) mass is 375 g/mol. The number of hydrogen-bond donors (Lipinski definition) is 1. The molecule has 6 heteroatoms. The molecule has 2 aliphatic heterocycles. The van der Waals surface area contributed by atoms with Crippen LogP contribution in [0.1, 0.15) is 27.7 Å². The molecular weight excluding hydrogens is 342 g/mol. The minimum atomic E-state index is -0.161. The van der Waals surface area contributed by atoms with Gasteiger partial charge in [-0.2, -0.15) is 0 Å². The molecule has 1 aromatic carbocycles. The van der Waals surface area contributed by atoms with Crippen LogP contribution in [0.25, 0.3) is 0 Å². The SMILES string of the molecule is CC1CN(C(C(=O)Nc2cccc(N3CCOCC3)c2)C(C)C)CC(C)O1. The molecule has 0 radical (unpaired) electrons. The summed E-state index contributed by atoms with van der Waals surface area (Å²) in [5.41, 5.74) is 1.98. The van der Waals surface area contributed by atoms with Gasteiger partial charge in [0.15, 0.2) is 0 Å². The number of amides is 1. The van der Waals surface area contributed by atoms with E-state index in [4.69, 9.17) is 9.47 Å². The number of hydrogen-bond acceptors (Lipinski definition) is 5. The third-order valence-electron chi connectivity index (χ3n) is 5.23. The molecule has 3 rings (SSSR count). The Balaban J connectivity index is 1.70. The minimum absolute atomic E-state index is 0.0606. The number of benzene rings is 1. The Morgan fingerprint density at radius 3 is 2.44 bits per heavy atom. The molecule has 0 spiro atoms. The summed E-state index contributed by atoms with van der Waals surface area (Å²) in [5.74, 6) is 0.287. The summed E-state index contributed by atoms with van der Waals surface area (Å²) in [5, 5.41) is 3.15. The van der Waals surface area contributed by atoms with E-state index in [1.807, 2.05) is 12.1 Å². The maximum Gasteiger partial charge on any atom is 0.241 e. The zero-order chi connectivity index (χ0) is 19.4. The molecule has 0 aromatic heterocycles. The van der Waals surface area contributed by atoms with Crippen LogP contribution in [0.2, 0.25) is 0 Å². The lowest BCUT2D eigenvalue weighted by Crippen LogP contribution is -2.55. The normalized spacial score (nSPS) is 25.4. The first-order chi connectivity index (χ1) is 12.9. The van der Waals surface area contributed by atoms with Gasteiger partial charge in [0.2, 0.25) is 5.91 Å². The summed E-state index contributed by atoms with van der Waals surface area (Å²) in [6, 6.07) is 7.95. The van der Waals surface area contributed by atoms with Gasteiger partial charge >= 0.3 is 0 Å². The molecule has 1 aromatic rings. The molecule has 0 bridgehead atoms. The van der Waals surface area contributed by atoms with Crippen molar-refractivity contribution < 1.29 is 14.3 Å². The lowest BCUT2D eigenvalue weighted by molar-refractivity contribution is -0.130. The molecule has 3 unspecified atom stereocenters. The Morgan fingerprint density at radius 2 is 1.81 bits per heavy atom. The van der Waals surface area contributed by atoms with Crippen molar-refractivity contribution >= 4 is 17.3 Å². The fraction of sp³-hybridized carbons (Fsp3) is 0.667. The molecule has 1 amide bonds. The number of rotatable bonds is 5. The van der Waals surface area contributed by atoms with E-state index >= 15 is 0 Å². The number of nitrogens with one attached hydrogen (secondary N) is 1. The lowest BCUT2D eigenvalue weighted by atomic mass is 9.99. The summed E-state index contributed by atoms with van der Waals surface area (Å²) in [4.78, 5) is 17.7. The first-order valence-corrected chi connectivity index (χ1v) is 10.1. The van der Waals surface area contributed by atoms with Gasteiger partial charge in [0.25, 0.3) is 0 Å². The van der Waals surface area contributed by atoms with E-state index in [0.717, 1.165) is 50.8 Å². The minimum Gasteiger partial charge on any atom is -0.378 e. The first kappa shape index (κ1) is 20.1. The molecule has 2 aliphatic rings. The van der Waals surface area contributed by atoms with Gasteiger partial charge in [0, 0.05) is 37.6 Å². The zero-order valence-corrected chi connectivity index (χ0v) is 17.0. The molecule has 2 saturated heterocycles. The number of anilines is 2. The number of carbonyl (C=O) groups excluding carboxylic acids is 1. The number of morpholine rings is 2. The standard InChI is InChI=1S/C21H33N3O3/c1-15(2)20(24-13-16(3)27-17(4)14-24)21(25)22-18-6-5-7-19(12-18)23-8-10-26-11-9-23/h5-7,12,15-17,20H,8-11,13-14H2,1-4H3,(H,22,25). The van der Waals surface area contributed by atoms with Crippen molar-refractivity contribution in [2.75, 3.05) is 49.6 Å². The molecule has 3 atom stereocenters. The average Bonchev–Trinajstić information content (AvgIpc) is 2.61. The van der Waals surface area contributed by atoms with Gasteiger partial charge in [-0.1, -0.05) is 19.9 Å². The quantitative estimate of drug-likeness (QED) is 0.857. The van der Waals surface area contributed by atoms with Crippen molar-refractivity contribution in [3.63, 3.8) is 0 Å². The van der Waals surface area contributed by atoms with E-state index in [-0.39, 0.29) is 30.1 Å². The highest BCUT2D eigenvalue weighted by Crippen LogP contribution is 2.23. The van der Waals surface area contributed by atoms with Crippen LogP contribution < -0.4 is 10.2 Å². The van der Waals surface area contributed by atoms with Crippen molar-refractivity contribution in [3.8, 4) is 0 Å². The van der Waals surface area contributed by atoms with Crippen molar-refractivity contribution in [3.05, 3.63) is 24.3 Å². The van der Waals surface area contributed by atoms with E-state index in [2.05, 4.69) is 54.9 Å². The van der Waals surface area contributed by atoms with E-state index in [1.165, 1.54) is 0 Å². The van der Waals surface area contributed by atoms with Gasteiger partial charge in [0.1, 0.15) is 0 Å². The Labute approximate surface area is 162 Å². The Hall–Kier alpha value is -1.63. The Kier molecular flexibility index (Phi) is 6.73. The summed E-state index contributed by atoms with van der Waals surface area (Å²) in [7, 11) is 0. The van der Waals surface area contributed by atoms with Gasteiger partial charge in [-0.3, -0.25) is 9.69 Å². The molecule has 27 heavy (non-hydrogen) atoms. The van der Waals surface area contributed by atoms with Gasteiger partial charge in [-0.05, 0) is 38.0 Å². The van der Waals surface area contributed by atoms with Gasteiger partial charge < -0.3 is 19.7 Å². The highest BCUT2D eigenvalue weighted by Gasteiger charge is 2.34. The van der Waals surface area contributed by atoms with Crippen LogP contribution in [0.15, 0.2) is 24.3 Å². The van der Waals surface area contributed by atoms with Crippen LogP contribution in [0, 0.1) is 5.92 Å². The molecule has 150 valence electrons. The molecule has 2 heterocycles. The summed E-state index contributed by atoms with van der Waals surface area (Å²) >= 11 is 0.